The van der Waals surface area contributed by atoms with Crippen LogP contribution in [0.15, 0.2) is 18.2 Å². The van der Waals surface area contributed by atoms with Crippen molar-refractivity contribution in [2.24, 2.45) is 5.41 Å². The summed E-state index contributed by atoms with van der Waals surface area (Å²) < 4.78 is 26.0. The van der Waals surface area contributed by atoms with Gasteiger partial charge in [-0.1, -0.05) is 19.9 Å². The van der Waals surface area contributed by atoms with Crippen LogP contribution < -0.4 is 5.32 Å². The Kier molecular flexibility index (Phi) is 5.34. The highest BCUT2D eigenvalue weighted by Gasteiger charge is 2.16. The van der Waals surface area contributed by atoms with Crippen molar-refractivity contribution in [3.8, 4) is 0 Å². The highest BCUT2D eigenvalue weighted by Crippen LogP contribution is 2.19. The molecular formula is C13H18ClF2N. The summed E-state index contributed by atoms with van der Waals surface area (Å²) in [6.45, 7) is 5.35. The van der Waals surface area contributed by atoms with Crippen LogP contribution in [0.5, 0.6) is 0 Å². The van der Waals surface area contributed by atoms with Crippen LogP contribution in [-0.4, -0.2) is 12.4 Å². The van der Waals surface area contributed by atoms with Gasteiger partial charge in [-0.2, -0.15) is 0 Å². The van der Waals surface area contributed by atoms with Crippen LogP contribution in [-0.2, 0) is 6.54 Å². The first-order valence-electron chi connectivity index (χ1n) is 5.65. The van der Waals surface area contributed by atoms with E-state index < -0.39 is 11.6 Å². The second-order valence-corrected chi connectivity index (χ2v) is 5.32. The molecule has 0 unspecified atom stereocenters. The zero-order chi connectivity index (χ0) is 12.9. The summed E-state index contributed by atoms with van der Waals surface area (Å²) in [6.07, 6.45) is 0.896. The Bertz CT molecular complexity index is 366. The number of halogens is 3. The number of hydrogen-bond donors (Lipinski definition) is 1. The van der Waals surface area contributed by atoms with Crippen LogP contribution in [0.25, 0.3) is 0 Å². The van der Waals surface area contributed by atoms with E-state index in [2.05, 4.69) is 19.2 Å². The summed E-state index contributed by atoms with van der Waals surface area (Å²) in [7, 11) is 0. The van der Waals surface area contributed by atoms with Crippen LogP contribution in [0, 0.1) is 17.0 Å². The molecule has 0 saturated carbocycles. The SMILES string of the molecule is CC(C)(CCCl)CNCc1ccc(F)cc1F. The summed E-state index contributed by atoms with van der Waals surface area (Å²) in [5.41, 5.74) is 0.561. The normalized spacial score (nSPS) is 11.8. The largest absolute Gasteiger partial charge is 0.312 e. The summed E-state index contributed by atoms with van der Waals surface area (Å²) in [4.78, 5) is 0. The van der Waals surface area contributed by atoms with Gasteiger partial charge in [-0.05, 0) is 17.9 Å². The first-order chi connectivity index (χ1) is 7.94. The molecule has 0 aliphatic heterocycles. The lowest BCUT2D eigenvalue weighted by atomic mass is 9.90. The van der Waals surface area contributed by atoms with Gasteiger partial charge in [-0.25, -0.2) is 8.78 Å². The summed E-state index contributed by atoms with van der Waals surface area (Å²) in [6, 6.07) is 3.64. The fourth-order valence-electron chi connectivity index (χ4n) is 1.54. The van der Waals surface area contributed by atoms with E-state index in [1.165, 1.54) is 12.1 Å². The maximum atomic E-state index is 13.3. The molecule has 0 atom stereocenters. The molecule has 0 heterocycles. The van der Waals surface area contributed by atoms with E-state index in [1.807, 2.05) is 0 Å². The van der Waals surface area contributed by atoms with Crippen LogP contribution >= 0.6 is 11.6 Å². The fraction of sp³-hybridized carbons (Fsp3) is 0.538. The van der Waals surface area contributed by atoms with Crippen molar-refractivity contribution in [1.82, 2.24) is 5.32 Å². The first-order valence-corrected chi connectivity index (χ1v) is 6.19. The Balaban J connectivity index is 2.46. The third kappa shape index (κ3) is 5.00. The molecule has 4 heteroatoms. The molecule has 1 aromatic carbocycles. The van der Waals surface area contributed by atoms with Gasteiger partial charge < -0.3 is 5.32 Å². The Hall–Kier alpha value is -0.670. The molecule has 1 nitrogen and oxygen atoms in total. The van der Waals surface area contributed by atoms with Crippen LogP contribution in [0.1, 0.15) is 25.8 Å². The molecule has 0 amide bonds. The number of hydrogen-bond acceptors (Lipinski definition) is 1. The molecule has 0 aliphatic carbocycles. The topological polar surface area (TPSA) is 12.0 Å². The third-order valence-electron chi connectivity index (χ3n) is 2.71. The summed E-state index contributed by atoms with van der Waals surface area (Å²) in [5, 5.41) is 3.17. The molecule has 1 rings (SSSR count). The Labute approximate surface area is 106 Å². The monoisotopic (exact) mass is 261 g/mol. The van der Waals surface area contributed by atoms with Gasteiger partial charge >= 0.3 is 0 Å². The minimum absolute atomic E-state index is 0.0816. The van der Waals surface area contributed by atoms with Crippen molar-refractivity contribution in [2.45, 2.75) is 26.8 Å². The van der Waals surface area contributed by atoms with Crippen LogP contribution in [0.3, 0.4) is 0 Å². The van der Waals surface area contributed by atoms with E-state index in [1.54, 1.807) is 0 Å². The summed E-state index contributed by atoms with van der Waals surface area (Å²) >= 11 is 5.70. The van der Waals surface area contributed by atoms with Gasteiger partial charge in [0, 0.05) is 30.6 Å². The van der Waals surface area contributed by atoms with Gasteiger partial charge in [-0.3, -0.25) is 0 Å². The molecular weight excluding hydrogens is 244 g/mol. The Morgan fingerprint density at radius 2 is 2.00 bits per heavy atom. The molecule has 0 aromatic heterocycles. The predicted octanol–water partition coefficient (Wildman–Crippen LogP) is 3.71. The molecule has 1 aromatic rings. The van der Waals surface area contributed by atoms with Crippen LogP contribution in [0.2, 0.25) is 0 Å². The lowest BCUT2D eigenvalue weighted by Crippen LogP contribution is -2.29. The zero-order valence-corrected chi connectivity index (χ0v) is 11.0. The standard InChI is InChI=1S/C13H18ClF2N/c1-13(2,5-6-14)9-17-8-10-3-4-11(15)7-12(10)16/h3-4,7,17H,5-6,8-9H2,1-2H3. The Morgan fingerprint density at radius 1 is 1.29 bits per heavy atom. The molecule has 0 radical (unpaired) electrons. The predicted molar refractivity (Wildman–Crippen MR) is 67.2 cm³/mol. The van der Waals surface area contributed by atoms with E-state index >= 15 is 0 Å². The average Bonchev–Trinajstić information content (AvgIpc) is 2.21. The summed E-state index contributed by atoms with van der Waals surface area (Å²) in [5.74, 6) is -0.444. The van der Waals surface area contributed by atoms with Gasteiger partial charge in [-0.15, -0.1) is 11.6 Å². The smallest absolute Gasteiger partial charge is 0.130 e. The van der Waals surface area contributed by atoms with Gasteiger partial charge in [0.2, 0.25) is 0 Å². The van der Waals surface area contributed by atoms with Crippen molar-refractivity contribution in [3.05, 3.63) is 35.4 Å². The fourth-order valence-corrected chi connectivity index (χ4v) is 2.06. The van der Waals surface area contributed by atoms with Crippen molar-refractivity contribution >= 4 is 11.6 Å². The van der Waals surface area contributed by atoms with Crippen molar-refractivity contribution in [2.75, 3.05) is 12.4 Å². The number of alkyl halides is 1. The van der Waals surface area contributed by atoms with Gasteiger partial charge in [0.1, 0.15) is 11.6 Å². The average molecular weight is 262 g/mol. The van der Waals surface area contributed by atoms with Crippen LogP contribution in [0.4, 0.5) is 8.78 Å². The second kappa shape index (κ2) is 6.31. The van der Waals surface area contributed by atoms with Crippen molar-refractivity contribution in [3.63, 3.8) is 0 Å². The molecule has 96 valence electrons. The Morgan fingerprint density at radius 3 is 2.59 bits per heavy atom. The number of rotatable bonds is 6. The van der Waals surface area contributed by atoms with Gasteiger partial charge in [0.25, 0.3) is 0 Å². The molecule has 0 fully saturated rings. The quantitative estimate of drug-likeness (QED) is 0.770. The molecule has 0 spiro atoms. The lowest BCUT2D eigenvalue weighted by Gasteiger charge is -2.24. The molecule has 17 heavy (non-hydrogen) atoms. The number of benzene rings is 1. The van der Waals surface area contributed by atoms with Gasteiger partial charge in [0.15, 0.2) is 0 Å². The van der Waals surface area contributed by atoms with E-state index in [0.717, 1.165) is 19.0 Å². The van der Waals surface area contributed by atoms with Crippen molar-refractivity contribution < 1.29 is 8.78 Å². The highest BCUT2D eigenvalue weighted by molar-refractivity contribution is 6.17. The van der Waals surface area contributed by atoms with E-state index in [4.69, 9.17) is 11.6 Å². The molecule has 1 N–H and O–H groups in total. The van der Waals surface area contributed by atoms with E-state index in [-0.39, 0.29) is 5.41 Å². The maximum Gasteiger partial charge on any atom is 0.130 e. The molecule has 0 bridgehead atoms. The number of nitrogens with one attached hydrogen (secondary N) is 1. The minimum Gasteiger partial charge on any atom is -0.312 e. The molecule has 0 aliphatic rings. The first kappa shape index (κ1) is 14.4. The van der Waals surface area contributed by atoms with E-state index in [9.17, 15) is 8.78 Å². The maximum absolute atomic E-state index is 13.3. The third-order valence-corrected chi connectivity index (χ3v) is 2.89. The lowest BCUT2D eigenvalue weighted by molar-refractivity contribution is 0.328. The van der Waals surface area contributed by atoms with E-state index in [0.29, 0.717) is 18.0 Å². The highest BCUT2D eigenvalue weighted by atomic mass is 35.5. The van der Waals surface area contributed by atoms with Gasteiger partial charge in [0.05, 0.1) is 0 Å². The second-order valence-electron chi connectivity index (χ2n) is 4.94. The minimum atomic E-state index is -0.547. The molecule has 0 saturated heterocycles. The van der Waals surface area contributed by atoms with Crippen molar-refractivity contribution in [1.29, 1.82) is 0 Å². The zero-order valence-electron chi connectivity index (χ0n) is 10.2.